The molecule has 4 nitrogen and oxygen atoms in total. The minimum atomic E-state index is -0.460. The van der Waals surface area contributed by atoms with E-state index in [4.69, 9.17) is 14.2 Å². The van der Waals surface area contributed by atoms with E-state index in [1.807, 2.05) is 0 Å². The molecule has 0 fully saturated rings. The van der Waals surface area contributed by atoms with Crippen LogP contribution in [0, 0.1) is 5.82 Å². The van der Waals surface area contributed by atoms with E-state index in [0.29, 0.717) is 23.3 Å². The second-order valence-electron chi connectivity index (χ2n) is 3.93. The lowest BCUT2D eigenvalue weighted by atomic mass is 10.0. The summed E-state index contributed by atoms with van der Waals surface area (Å²) in [7, 11) is 2.88. The highest BCUT2D eigenvalue weighted by Gasteiger charge is 2.09. The maximum atomic E-state index is 13.7. The Kier molecular flexibility index (Phi) is 4.20. The van der Waals surface area contributed by atoms with Crippen LogP contribution >= 0.6 is 0 Å². The van der Waals surface area contributed by atoms with E-state index in [1.54, 1.807) is 24.3 Å². The van der Waals surface area contributed by atoms with Gasteiger partial charge in [0.15, 0.2) is 23.1 Å². The quantitative estimate of drug-likeness (QED) is 0.787. The summed E-state index contributed by atoms with van der Waals surface area (Å²) in [4.78, 5) is 10.5. The molecule has 0 saturated heterocycles. The van der Waals surface area contributed by atoms with Gasteiger partial charge in [-0.3, -0.25) is 4.79 Å². The highest BCUT2D eigenvalue weighted by molar-refractivity contribution is 5.69. The first-order chi connectivity index (χ1) is 9.69. The Morgan fingerprint density at radius 1 is 0.900 bits per heavy atom. The molecule has 0 heterocycles. The first-order valence-electron chi connectivity index (χ1n) is 5.82. The summed E-state index contributed by atoms with van der Waals surface area (Å²) >= 11 is 0. The summed E-state index contributed by atoms with van der Waals surface area (Å²) in [5.74, 6) is 0.413. The maximum Gasteiger partial charge on any atom is 0.298 e. The van der Waals surface area contributed by atoms with Crippen molar-refractivity contribution in [3.05, 3.63) is 42.2 Å². The zero-order valence-corrected chi connectivity index (χ0v) is 11.1. The standard InChI is InChI=1S/C15H13FO4/c1-18-13-5-3-10(7-12(13)16)11-4-6-14(19-2)15(8-11)20-9-17/h3-9H,1-2H3. The number of hydrogen-bond donors (Lipinski definition) is 0. The number of ether oxygens (including phenoxy) is 3. The minimum Gasteiger partial charge on any atom is -0.494 e. The van der Waals surface area contributed by atoms with Crippen LogP contribution in [-0.4, -0.2) is 20.7 Å². The van der Waals surface area contributed by atoms with Crippen molar-refractivity contribution in [3.8, 4) is 28.4 Å². The monoisotopic (exact) mass is 276 g/mol. The number of halogens is 1. The summed E-state index contributed by atoms with van der Waals surface area (Å²) in [6.07, 6.45) is 0. The molecule has 0 atom stereocenters. The second-order valence-corrected chi connectivity index (χ2v) is 3.93. The Morgan fingerprint density at radius 3 is 2.05 bits per heavy atom. The van der Waals surface area contributed by atoms with Crippen LogP contribution in [-0.2, 0) is 4.79 Å². The van der Waals surface area contributed by atoms with Crippen molar-refractivity contribution < 1.29 is 23.4 Å². The van der Waals surface area contributed by atoms with Crippen LogP contribution in [0.2, 0.25) is 0 Å². The molecule has 104 valence electrons. The van der Waals surface area contributed by atoms with Crippen molar-refractivity contribution in [1.29, 1.82) is 0 Å². The number of carbonyl (C=O) groups is 1. The van der Waals surface area contributed by atoms with E-state index in [2.05, 4.69) is 0 Å². The Bertz CT molecular complexity index is 625. The number of methoxy groups -OCH3 is 2. The molecule has 0 unspecified atom stereocenters. The van der Waals surface area contributed by atoms with Gasteiger partial charge in [-0.2, -0.15) is 0 Å². The van der Waals surface area contributed by atoms with Crippen LogP contribution < -0.4 is 14.2 Å². The van der Waals surface area contributed by atoms with Gasteiger partial charge in [0.05, 0.1) is 14.2 Å². The molecule has 0 aromatic heterocycles. The topological polar surface area (TPSA) is 44.8 Å². The summed E-state index contributed by atoms with van der Waals surface area (Å²) in [6, 6.07) is 9.61. The van der Waals surface area contributed by atoms with Gasteiger partial charge in [0.25, 0.3) is 6.47 Å². The Labute approximate surface area is 115 Å². The predicted molar refractivity (Wildman–Crippen MR) is 71.6 cm³/mol. The first kappa shape index (κ1) is 13.9. The average molecular weight is 276 g/mol. The molecule has 0 radical (unpaired) electrons. The zero-order chi connectivity index (χ0) is 14.5. The lowest BCUT2D eigenvalue weighted by molar-refractivity contribution is -0.120. The molecule has 0 amide bonds. The van der Waals surface area contributed by atoms with Crippen LogP contribution in [0.15, 0.2) is 36.4 Å². The molecular formula is C15H13FO4. The Morgan fingerprint density at radius 2 is 1.50 bits per heavy atom. The van der Waals surface area contributed by atoms with Crippen molar-refractivity contribution in [1.82, 2.24) is 0 Å². The molecule has 0 N–H and O–H groups in total. The summed E-state index contributed by atoms with van der Waals surface area (Å²) < 4.78 is 28.5. The van der Waals surface area contributed by atoms with Crippen LogP contribution in [0.4, 0.5) is 4.39 Å². The lowest BCUT2D eigenvalue weighted by Crippen LogP contribution is -1.94. The third-order valence-corrected chi connectivity index (χ3v) is 2.82. The van der Waals surface area contributed by atoms with E-state index in [9.17, 15) is 9.18 Å². The molecule has 0 spiro atoms. The number of rotatable bonds is 5. The molecule has 0 aliphatic carbocycles. The zero-order valence-electron chi connectivity index (χ0n) is 11.1. The molecule has 2 aromatic rings. The largest absolute Gasteiger partial charge is 0.494 e. The summed E-state index contributed by atoms with van der Waals surface area (Å²) in [5, 5.41) is 0. The Balaban J connectivity index is 2.44. The minimum absolute atomic E-state index is 0.173. The van der Waals surface area contributed by atoms with Crippen LogP contribution in [0.1, 0.15) is 0 Å². The fourth-order valence-corrected chi connectivity index (χ4v) is 1.85. The van der Waals surface area contributed by atoms with Crippen LogP contribution in [0.5, 0.6) is 17.2 Å². The molecule has 20 heavy (non-hydrogen) atoms. The van der Waals surface area contributed by atoms with E-state index in [0.717, 1.165) is 0 Å². The molecule has 0 aliphatic heterocycles. The van der Waals surface area contributed by atoms with Gasteiger partial charge in [0.2, 0.25) is 0 Å². The molecule has 5 heteroatoms. The number of hydrogen-bond acceptors (Lipinski definition) is 4. The molecule has 0 bridgehead atoms. The van der Waals surface area contributed by atoms with Crippen molar-refractivity contribution in [2.75, 3.05) is 14.2 Å². The van der Waals surface area contributed by atoms with Gasteiger partial charge >= 0.3 is 0 Å². The van der Waals surface area contributed by atoms with E-state index < -0.39 is 5.82 Å². The van der Waals surface area contributed by atoms with Crippen molar-refractivity contribution in [2.24, 2.45) is 0 Å². The molecule has 2 rings (SSSR count). The predicted octanol–water partition coefficient (Wildman–Crippen LogP) is 3.05. The normalized spacial score (nSPS) is 9.95. The fourth-order valence-electron chi connectivity index (χ4n) is 1.85. The van der Waals surface area contributed by atoms with Crippen molar-refractivity contribution in [3.63, 3.8) is 0 Å². The van der Waals surface area contributed by atoms with Crippen molar-refractivity contribution >= 4 is 6.47 Å². The Hall–Kier alpha value is -2.56. The second kappa shape index (κ2) is 6.06. The van der Waals surface area contributed by atoms with Crippen LogP contribution in [0.25, 0.3) is 11.1 Å². The van der Waals surface area contributed by atoms with Gasteiger partial charge in [0.1, 0.15) is 0 Å². The number of benzene rings is 2. The smallest absolute Gasteiger partial charge is 0.298 e. The highest BCUT2D eigenvalue weighted by atomic mass is 19.1. The first-order valence-corrected chi connectivity index (χ1v) is 5.82. The van der Waals surface area contributed by atoms with Crippen LogP contribution in [0.3, 0.4) is 0 Å². The van der Waals surface area contributed by atoms with Gasteiger partial charge < -0.3 is 14.2 Å². The van der Waals surface area contributed by atoms with Gasteiger partial charge in [-0.15, -0.1) is 0 Å². The van der Waals surface area contributed by atoms with E-state index >= 15 is 0 Å². The van der Waals surface area contributed by atoms with Gasteiger partial charge in [-0.1, -0.05) is 12.1 Å². The highest BCUT2D eigenvalue weighted by Crippen LogP contribution is 2.33. The van der Waals surface area contributed by atoms with Gasteiger partial charge in [-0.05, 0) is 35.4 Å². The fraction of sp³-hybridized carbons (Fsp3) is 0.133. The molecule has 2 aromatic carbocycles. The summed E-state index contributed by atoms with van der Waals surface area (Å²) in [5.41, 5.74) is 1.34. The molecule has 0 saturated carbocycles. The third kappa shape index (κ3) is 2.71. The third-order valence-electron chi connectivity index (χ3n) is 2.82. The molecular weight excluding hydrogens is 263 g/mol. The van der Waals surface area contributed by atoms with E-state index in [1.165, 1.54) is 26.4 Å². The van der Waals surface area contributed by atoms with Crippen molar-refractivity contribution in [2.45, 2.75) is 0 Å². The van der Waals surface area contributed by atoms with Gasteiger partial charge in [-0.25, -0.2) is 4.39 Å². The average Bonchev–Trinajstić information content (AvgIpc) is 2.47. The lowest BCUT2D eigenvalue weighted by Gasteiger charge is -2.10. The maximum absolute atomic E-state index is 13.7. The van der Waals surface area contributed by atoms with Gasteiger partial charge in [0, 0.05) is 0 Å². The molecule has 0 aliphatic rings. The summed E-state index contributed by atoms with van der Waals surface area (Å²) in [6.45, 7) is 0.316. The SMILES string of the molecule is COc1ccc(-c2ccc(OC)c(OC=O)c2)cc1F. The van der Waals surface area contributed by atoms with E-state index in [-0.39, 0.29) is 11.5 Å². The number of carbonyl (C=O) groups excluding carboxylic acids is 1.